The monoisotopic (exact) mass is 523 g/mol. The van der Waals surface area contributed by atoms with Crippen molar-refractivity contribution in [1.29, 1.82) is 0 Å². The molecule has 0 radical (unpaired) electrons. The molecular formula is C30H30FN7O. The average Bonchev–Trinajstić information content (AvgIpc) is 3.62. The second-order valence-electron chi connectivity index (χ2n) is 9.27. The molecule has 0 bridgehead atoms. The Morgan fingerprint density at radius 1 is 0.949 bits per heavy atom. The van der Waals surface area contributed by atoms with Gasteiger partial charge >= 0.3 is 0 Å². The molecule has 0 unspecified atom stereocenters. The first-order valence-electron chi connectivity index (χ1n) is 13.1. The maximum absolute atomic E-state index is 13.7. The summed E-state index contributed by atoms with van der Waals surface area (Å²) in [5.74, 6) is 0.918. The summed E-state index contributed by atoms with van der Waals surface area (Å²) in [5, 5.41) is 17.3. The fourth-order valence-corrected chi connectivity index (χ4v) is 4.67. The summed E-state index contributed by atoms with van der Waals surface area (Å²) >= 11 is 0. The molecule has 0 fully saturated rings. The number of hydrogen-bond acceptors (Lipinski definition) is 5. The first kappa shape index (κ1) is 26.0. The minimum Gasteiger partial charge on any atom is -0.351 e. The van der Waals surface area contributed by atoms with Crippen LogP contribution in [0.2, 0.25) is 0 Å². The summed E-state index contributed by atoms with van der Waals surface area (Å²) in [6, 6.07) is 22.3. The van der Waals surface area contributed by atoms with Gasteiger partial charge in [-0.25, -0.2) is 14.5 Å². The number of benzene rings is 3. The van der Waals surface area contributed by atoms with Gasteiger partial charge in [0.15, 0.2) is 5.82 Å². The number of carbonyl (C=O) groups is 1. The van der Waals surface area contributed by atoms with Crippen LogP contribution in [0.15, 0.2) is 72.8 Å². The molecular weight excluding hydrogens is 493 g/mol. The van der Waals surface area contributed by atoms with Gasteiger partial charge in [0.1, 0.15) is 23.0 Å². The highest BCUT2D eigenvalue weighted by atomic mass is 19.1. The highest BCUT2D eigenvalue weighted by molar-refractivity contribution is 5.98. The number of aryl methyl sites for hydroxylation is 1. The number of nitrogens with one attached hydrogen (secondary N) is 2. The van der Waals surface area contributed by atoms with Gasteiger partial charge in [-0.3, -0.25) is 4.79 Å². The zero-order valence-corrected chi connectivity index (χ0v) is 22.0. The van der Waals surface area contributed by atoms with Crippen LogP contribution >= 0.6 is 0 Å². The minimum absolute atomic E-state index is 0.196. The van der Waals surface area contributed by atoms with Gasteiger partial charge in [0, 0.05) is 30.6 Å². The van der Waals surface area contributed by atoms with Crippen molar-refractivity contribution in [2.45, 2.75) is 39.7 Å². The Morgan fingerprint density at radius 2 is 1.67 bits per heavy atom. The maximum atomic E-state index is 13.7. The van der Waals surface area contributed by atoms with Crippen LogP contribution in [0.5, 0.6) is 0 Å². The molecule has 2 N–H and O–H groups in total. The molecule has 3 aromatic carbocycles. The molecule has 5 rings (SSSR count). The number of hydrogen-bond donors (Lipinski definition) is 2. The van der Waals surface area contributed by atoms with Crippen molar-refractivity contribution >= 4 is 5.91 Å². The number of aromatic nitrogens is 6. The summed E-state index contributed by atoms with van der Waals surface area (Å²) in [6.07, 6.45) is 2.69. The van der Waals surface area contributed by atoms with Crippen LogP contribution in [-0.4, -0.2) is 42.6 Å². The smallest absolute Gasteiger partial charge is 0.270 e. The standard InChI is InChI=1S/C30H30FN7O/c1-3-5-10-26-33-27(22-15-17-23(31)18-16-22)28(30(39)32-4-2)38(26)19-20-11-13-21(14-12-20)24-8-6-7-9-25(24)29-34-36-37-35-29/h6-9,11-18H,3-5,10,19H2,1-2H3,(H,32,39)(H,34,35,36,37). The van der Waals surface area contributed by atoms with E-state index < -0.39 is 0 Å². The van der Waals surface area contributed by atoms with Crippen molar-refractivity contribution in [1.82, 2.24) is 35.5 Å². The lowest BCUT2D eigenvalue weighted by Crippen LogP contribution is -2.27. The van der Waals surface area contributed by atoms with E-state index in [1.807, 2.05) is 35.8 Å². The highest BCUT2D eigenvalue weighted by Gasteiger charge is 2.24. The summed E-state index contributed by atoms with van der Waals surface area (Å²) in [5.41, 5.74) is 5.75. The third-order valence-corrected chi connectivity index (χ3v) is 6.60. The molecule has 0 spiro atoms. The highest BCUT2D eigenvalue weighted by Crippen LogP contribution is 2.31. The quantitative estimate of drug-likeness (QED) is 0.245. The van der Waals surface area contributed by atoms with Crippen molar-refractivity contribution in [2.75, 3.05) is 6.54 Å². The van der Waals surface area contributed by atoms with Crippen LogP contribution in [0.1, 0.15) is 48.6 Å². The van der Waals surface area contributed by atoms with Crippen molar-refractivity contribution in [2.24, 2.45) is 0 Å². The van der Waals surface area contributed by atoms with Crippen LogP contribution in [0, 0.1) is 5.82 Å². The first-order chi connectivity index (χ1) is 19.1. The van der Waals surface area contributed by atoms with Crippen molar-refractivity contribution in [3.63, 3.8) is 0 Å². The Bertz CT molecular complexity index is 1540. The van der Waals surface area contributed by atoms with Gasteiger partial charge in [0.05, 0.1) is 0 Å². The molecule has 198 valence electrons. The molecule has 39 heavy (non-hydrogen) atoms. The number of carbonyl (C=O) groups excluding carboxylic acids is 1. The molecule has 0 atom stereocenters. The zero-order valence-electron chi connectivity index (χ0n) is 22.0. The van der Waals surface area contributed by atoms with Gasteiger partial charge in [0.25, 0.3) is 5.91 Å². The van der Waals surface area contributed by atoms with Crippen molar-refractivity contribution < 1.29 is 9.18 Å². The first-order valence-corrected chi connectivity index (χ1v) is 13.1. The van der Waals surface area contributed by atoms with E-state index in [1.54, 1.807) is 12.1 Å². The van der Waals surface area contributed by atoms with Crippen molar-refractivity contribution in [3.8, 4) is 33.8 Å². The SMILES string of the molecule is CCCCc1nc(-c2ccc(F)cc2)c(C(=O)NCC)n1Cc1ccc(-c2ccccc2-c2nnn[nH]2)cc1. The van der Waals surface area contributed by atoms with Gasteiger partial charge < -0.3 is 9.88 Å². The second-order valence-corrected chi connectivity index (χ2v) is 9.27. The predicted molar refractivity (Wildman–Crippen MR) is 148 cm³/mol. The third-order valence-electron chi connectivity index (χ3n) is 6.60. The minimum atomic E-state index is -0.329. The fraction of sp³-hybridized carbons (Fsp3) is 0.233. The largest absolute Gasteiger partial charge is 0.351 e. The van der Waals surface area contributed by atoms with E-state index in [0.717, 1.165) is 47.3 Å². The average molecular weight is 524 g/mol. The summed E-state index contributed by atoms with van der Waals surface area (Å²) in [6.45, 7) is 4.99. The van der Waals surface area contributed by atoms with Crippen LogP contribution in [0.25, 0.3) is 33.8 Å². The number of rotatable bonds is 10. The van der Waals surface area contributed by atoms with Crippen LogP contribution < -0.4 is 5.32 Å². The summed E-state index contributed by atoms with van der Waals surface area (Å²) in [4.78, 5) is 18.2. The number of unbranched alkanes of at least 4 members (excludes halogenated alkanes) is 1. The molecule has 0 aliphatic heterocycles. The van der Waals surface area contributed by atoms with E-state index in [4.69, 9.17) is 4.98 Å². The van der Waals surface area contributed by atoms with Gasteiger partial charge in [0.2, 0.25) is 0 Å². The van der Waals surface area contributed by atoms with Gasteiger partial charge in [-0.2, -0.15) is 0 Å². The predicted octanol–water partition coefficient (Wildman–Crippen LogP) is 5.68. The van der Waals surface area contributed by atoms with E-state index in [0.29, 0.717) is 35.9 Å². The Morgan fingerprint density at radius 3 is 2.33 bits per heavy atom. The molecule has 1 amide bonds. The molecule has 0 aliphatic rings. The number of amides is 1. The third kappa shape index (κ3) is 5.62. The second kappa shape index (κ2) is 11.8. The lowest BCUT2D eigenvalue weighted by molar-refractivity contribution is 0.0947. The molecule has 0 aliphatic carbocycles. The lowest BCUT2D eigenvalue weighted by Gasteiger charge is -2.14. The van der Waals surface area contributed by atoms with E-state index >= 15 is 0 Å². The van der Waals surface area contributed by atoms with Crippen LogP contribution in [0.4, 0.5) is 4.39 Å². The zero-order chi connectivity index (χ0) is 27.2. The molecule has 2 aromatic heterocycles. The number of tetrazole rings is 1. The topological polar surface area (TPSA) is 101 Å². The molecule has 8 nitrogen and oxygen atoms in total. The maximum Gasteiger partial charge on any atom is 0.270 e. The molecule has 2 heterocycles. The molecule has 9 heteroatoms. The van der Waals surface area contributed by atoms with Crippen LogP contribution in [0.3, 0.4) is 0 Å². The van der Waals surface area contributed by atoms with Gasteiger partial charge in [-0.1, -0.05) is 61.9 Å². The van der Waals surface area contributed by atoms with Crippen LogP contribution in [-0.2, 0) is 13.0 Å². The van der Waals surface area contributed by atoms with Crippen molar-refractivity contribution in [3.05, 3.63) is 95.7 Å². The Kier molecular flexibility index (Phi) is 7.86. The summed E-state index contributed by atoms with van der Waals surface area (Å²) < 4.78 is 15.7. The number of H-pyrrole nitrogens is 1. The van der Waals surface area contributed by atoms with E-state index in [9.17, 15) is 9.18 Å². The molecule has 5 aromatic rings. The number of halogens is 1. The number of aromatic amines is 1. The normalized spacial score (nSPS) is 11.1. The molecule has 0 saturated heterocycles. The fourth-order valence-electron chi connectivity index (χ4n) is 4.67. The van der Waals surface area contributed by atoms with Gasteiger partial charge in [-0.05, 0) is 64.7 Å². The Labute approximate surface area is 226 Å². The lowest BCUT2D eigenvalue weighted by atomic mass is 9.98. The van der Waals surface area contributed by atoms with E-state index in [2.05, 4.69) is 57.1 Å². The van der Waals surface area contributed by atoms with E-state index in [-0.39, 0.29) is 11.7 Å². The Balaban J connectivity index is 1.53. The van der Waals surface area contributed by atoms with Gasteiger partial charge in [-0.15, -0.1) is 5.10 Å². The number of nitrogens with zero attached hydrogens (tertiary/aromatic N) is 5. The number of imidazole rings is 1. The Hall–Kier alpha value is -4.66. The molecule has 0 saturated carbocycles. The summed E-state index contributed by atoms with van der Waals surface area (Å²) in [7, 11) is 0. The van der Waals surface area contributed by atoms with E-state index in [1.165, 1.54) is 12.1 Å².